The fourth-order valence-corrected chi connectivity index (χ4v) is 2.37. The lowest BCUT2D eigenvalue weighted by molar-refractivity contribution is -0.138. The average Bonchev–Trinajstić information content (AvgIpc) is 2.76. The Labute approximate surface area is 118 Å². The zero-order chi connectivity index (χ0) is 15.3. The van der Waals surface area contributed by atoms with Gasteiger partial charge < -0.3 is 21.1 Å². The molecule has 0 aliphatic carbocycles. The number of likely N-dealkylation sites (tertiary alicyclic amines) is 1. The van der Waals surface area contributed by atoms with Crippen LogP contribution in [0.1, 0.15) is 39.5 Å². The summed E-state index contributed by atoms with van der Waals surface area (Å²) in [4.78, 5) is 36.2. The molecule has 0 bridgehead atoms. The number of β-amino-alcohol motifs (C(OH)–C–C–N with tert-alkyl or cyclic N) is 1. The number of hydrogen-bond donors (Lipinski definition) is 3. The van der Waals surface area contributed by atoms with Crippen molar-refractivity contribution in [2.75, 3.05) is 6.54 Å². The van der Waals surface area contributed by atoms with Crippen LogP contribution in [0.25, 0.3) is 0 Å². The smallest absolute Gasteiger partial charge is 0.243 e. The van der Waals surface area contributed by atoms with Crippen LogP contribution in [-0.2, 0) is 14.4 Å². The Kier molecular flexibility index (Phi) is 5.94. The standard InChI is InChI=1S/C13H23N3O4/c1-3-4-5-10(12(14)19)15-13(20)11-6-9(18)7-16(11)8(2)17/h9-11,18H,3-7H2,1-2H3,(H2,14,19)(H,15,20)/t9-,10+,11+/m1/s1. The highest BCUT2D eigenvalue weighted by molar-refractivity contribution is 5.91. The van der Waals surface area contributed by atoms with Crippen molar-refractivity contribution in [3.05, 3.63) is 0 Å². The van der Waals surface area contributed by atoms with Gasteiger partial charge in [-0.05, 0) is 6.42 Å². The molecule has 114 valence electrons. The molecule has 0 aromatic carbocycles. The molecule has 1 saturated heterocycles. The molecule has 20 heavy (non-hydrogen) atoms. The molecule has 0 saturated carbocycles. The molecule has 0 unspecified atom stereocenters. The lowest BCUT2D eigenvalue weighted by Gasteiger charge is -2.24. The number of nitrogens with two attached hydrogens (primary N) is 1. The average molecular weight is 285 g/mol. The summed E-state index contributed by atoms with van der Waals surface area (Å²) in [6, 6.07) is -1.46. The Hall–Kier alpha value is -1.63. The molecule has 4 N–H and O–H groups in total. The monoisotopic (exact) mass is 285 g/mol. The molecule has 1 aliphatic heterocycles. The van der Waals surface area contributed by atoms with Crippen molar-refractivity contribution in [1.82, 2.24) is 10.2 Å². The summed E-state index contributed by atoms with van der Waals surface area (Å²) in [5.74, 6) is -1.29. The normalized spacial score (nSPS) is 23.4. The molecule has 0 radical (unpaired) electrons. The number of carbonyl (C=O) groups excluding carboxylic acids is 3. The van der Waals surface area contributed by atoms with Crippen molar-refractivity contribution in [2.24, 2.45) is 5.73 Å². The SMILES string of the molecule is CCCC[C@H](NC(=O)[C@@H]1C[C@@H](O)CN1C(C)=O)C(N)=O. The van der Waals surface area contributed by atoms with E-state index in [4.69, 9.17) is 5.73 Å². The first kappa shape index (κ1) is 16.4. The quantitative estimate of drug-likeness (QED) is 0.588. The third-order valence-electron chi connectivity index (χ3n) is 3.49. The van der Waals surface area contributed by atoms with Crippen LogP contribution in [-0.4, -0.2) is 52.5 Å². The minimum absolute atomic E-state index is 0.142. The summed E-state index contributed by atoms with van der Waals surface area (Å²) >= 11 is 0. The van der Waals surface area contributed by atoms with Crippen molar-refractivity contribution >= 4 is 17.7 Å². The van der Waals surface area contributed by atoms with Gasteiger partial charge in [0, 0.05) is 19.9 Å². The number of aliphatic hydroxyl groups is 1. The summed E-state index contributed by atoms with van der Waals surface area (Å²) in [5, 5.41) is 12.2. The number of nitrogens with zero attached hydrogens (tertiary/aromatic N) is 1. The van der Waals surface area contributed by atoms with Crippen molar-refractivity contribution in [1.29, 1.82) is 0 Å². The molecule has 3 amide bonds. The maximum Gasteiger partial charge on any atom is 0.243 e. The maximum absolute atomic E-state index is 12.2. The largest absolute Gasteiger partial charge is 0.391 e. The van der Waals surface area contributed by atoms with Gasteiger partial charge in [0.2, 0.25) is 17.7 Å². The Balaban J connectivity index is 2.67. The first-order valence-corrected chi connectivity index (χ1v) is 6.91. The van der Waals surface area contributed by atoms with Crippen LogP contribution in [0.3, 0.4) is 0 Å². The number of unbranched alkanes of at least 4 members (excludes halogenated alkanes) is 1. The minimum Gasteiger partial charge on any atom is -0.391 e. The van der Waals surface area contributed by atoms with E-state index in [1.807, 2.05) is 6.92 Å². The van der Waals surface area contributed by atoms with E-state index in [0.717, 1.165) is 12.8 Å². The van der Waals surface area contributed by atoms with E-state index in [1.54, 1.807) is 0 Å². The number of aliphatic hydroxyl groups excluding tert-OH is 1. The van der Waals surface area contributed by atoms with E-state index < -0.39 is 30.0 Å². The van der Waals surface area contributed by atoms with Crippen LogP contribution in [0.5, 0.6) is 0 Å². The molecule has 0 aromatic heterocycles. The summed E-state index contributed by atoms with van der Waals surface area (Å²) < 4.78 is 0. The fourth-order valence-electron chi connectivity index (χ4n) is 2.37. The van der Waals surface area contributed by atoms with Crippen LogP contribution in [0.2, 0.25) is 0 Å². The van der Waals surface area contributed by atoms with Crippen LogP contribution < -0.4 is 11.1 Å². The van der Waals surface area contributed by atoms with Gasteiger partial charge in [-0.2, -0.15) is 0 Å². The summed E-state index contributed by atoms with van der Waals surface area (Å²) in [5.41, 5.74) is 5.26. The van der Waals surface area contributed by atoms with Crippen LogP contribution in [0.15, 0.2) is 0 Å². The number of rotatable bonds is 6. The Bertz CT molecular complexity index is 386. The number of amides is 3. The molecular formula is C13H23N3O4. The highest BCUT2D eigenvalue weighted by Gasteiger charge is 2.38. The zero-order valence-electron chi connectivity index (χ0n) is 12.0. The fraction of sp³-hybridized carbons (Fsp3) is 0.769. The predicted molar refractivity (Wildman–Crippen MR) is 72.4 cm³/mol. The van der Waals surface area contributed by atoms with Crippen molar-refractivity contribution in [2.45, 2.75) is 57.7 Å². The maximum atomic E-state index is 12.2. The number of nitrogens with one attached hydrogen (secondary N) is 1. The van der Waals surface area contributed by atoms with Crippen molar-refractivity contribution < 1.29 is 19.5 Å². The van der Waals surface area contributed by atoms with E-state index in [-0.39, 0.29) is 18.9 Å². The molecule has 1 rings (SSSR count). The van der Waals surface area contributed by atoms with Gasteiger partial charge in [-0.25, -0.2) is 0 Å². The Morgan fingerprint density at radius 1 is 1.45 bits per heavy atom. The predicted octanol–water partition coefficient (Wildman–Crippen LogP) is -0.872. The summed E-state index contributed by atoms with van der Waals surface area (Å²) in [6.07, 6.45) is 1.62. The Morgan fingerprint density at radius 2 is 2.10 bits per heavy atom. The van der Waals surface area contributed by atoms with E-state index in [0.29, 0.717) is 6.42 Å². The van der Waals surface area contributed by atoms with E-state index in [2.05, 4.69) is 5.32 Å². The molecule has 1 aliphatic rings. The second kappa shape index (κ2) is 7.23. The third kappa shape index (κ3) is 4.19. The van der Waals surface area contributed by atoms with Gasteiger partial charge in [-0.3, -0.25) is 14.4 Å². The van der Waals surface area contributed by atoms with Crippen molar-refractivity contribution in [3.63, 3.8) is 0 Å². The van der Waals surface area contributed by atoms with Gasteiger partial charge in [0.1, 0.15) is 12.1 Å². The first-order valence-electron chi connectivity index (χ1n) is 6.91. The molecule has 7 nitrogen and oxygen atoms in total. The van der Waals surface area contributed by atoms with Gasteiger partial charge in [0.25, 0.3) is 0 Å². The second-order valence-corrected chi connectivity index (χ2v) is 5.18. The topological polar surface area (TPSA) is 113 Å². The van der Waals surface area contributed by atoms with Gasteiger partial charge in [0.05, 0.1) is 6.10 Å². The van der Waals surface area contributed by atoms with Gasteiger partial charge in [0.15, 0.2) is 0 Å². The highest BCUT2D eigenvalue weighted by atomic mass is 16.3. The molecule has 7 heteroatoms. The van der Waals surface area contributed by atoms with E-state index in [9.17, 15) is 19.5 Å². The summed E-state index contributed by atoms with van der Waals surface area (Å²) in [6.45, 7) is 3.47. The lowest BCUT2D eigenvalue weighted by Crippen LogP contribution is -2.51. The minimum atomic E-state index is -0.731. The number of primary amides is 1. The van der Waals surface area contributed by atoms with Crippen LogP contribution in [0, 0.1) is 0 Å². The van der Waals surface area contributed by atoms with E-state index >= 15 is 0 Å². The Morgan fingerprint density at radius 3 is 2.60 bits per heavy atom. The zero-order valence-corrected chi connectivity index (χ0v) is 12.0. The number of hydrogen-bond acceptors (Lipinski definition) is 4. The number of carbonyl (C=O) groups is 3. The van der Waals surface area contributed by atoms with Gasteiger partial charge in [-0.15, -0.1) is 0 Å². The van der Waals surface area contributed by atoms with Crippen LogP contribution >= 0.6 is 0 Å². The molecule has 1 fully saturated rings. The molecular weight excluding hydrogens is 262 g/mol. The first-order chi connectivity index (χ1) is 9.36. The molecule has 0 aromatic rings. The summed E-state index contributed by atoms with van der Waals surface area (Å²) in [7, 11) is 0. The van der Waals surface area contributed by atoms with Crippen molar-refractivity contribution in [3.8, 4) is 0 Å². The molecule has 3 atom stereocenters. The third-order valence-corrected chi connectivity index (χ3v) is 3.49. The van der Waals surface area contributed by atoms with Gasteiger partial charge >= 0.3 is 0 Å². The lowest BCUT2D eigenvalue weighted by atomic mass is 10.1. The van der Waals surface area contributed by atoms with E-state index in [1.165, 1.54) is 11.8 Å². The molecule has 1 heterocycles. The second-order valence-electron chi connectivity index (χ2n) is 5.18. The molecule has 0 spiro atoms. The highest BCUT2D eigenvalue weighted by Crippen LogP contribution is 2.18. The van der Waals surface area contributed by atoms with Crippen LogP contribution in [0.4, 0.5) is 0 Å². The van der Waals surface area contributed by atoms with Gasteiger partial charge in [-0.1, -0.05) is 19.8 Å².